The Bertz CT molecular complexity index is 1120. The first-order valence-corrected chi connectivity index (χ1v) is 9.48. The van der Waals surface area contributed by atoms with Gasteiger partial charge in [0.2, 0.25) is 5.95 Å². The van der Waals surface area contributed by atoms with E-state index in [1.54, 1.807) is 41.2 Å². The second-order valence-electron chi connectivity index (χ2n) is 6.87. The maximum atomic E-state index is 12.6. The van der Waals surface area contributed by atoms with Gasteiger partial charge in [-0.15, -0.1) is 0 Å². The van der Waals surface area contributed by atoms with Crippen molar-refractivity contribution in [2.45, 2.75) is 13.5 Å². The smallest absolute Gasteiger partial charge is 0.258 e. The average Bonchev–Trinajstić information content (AvgIpc) is 3.27. The van der Waals surface area contributed by atoms with Crippen molar-refractivity contribution in [3.05, 3.63) is 89.7 Å². The number of benzene rings is 2. The average molecular weight is 399 g/mol. The summed E-state index contributed by atoms with van der Waals surface area (Å²) in [6.07, 6.45) is 3.22. The molecule has 8 heteroatoms. The predicted octanol–water partition coefficient (Wildman–Crippen LogP) is 3.25. The molecule has 0 aliphatic heterocycles. The largest absolute Gasteiger partial charge is 0.349 e. The van der Waals surface area contributed by atoms with Crippen LogP contribution in [0.1, 0.15) is 21.5 Å². The molecule has 1 amide bonds. The Balaban J connectivity index is 1.42. The first-order chi connectivity index (χ1) is 14.6. The number of carbonyl (C=O) groups excluding carboxylic acids is 1. The van der Waals surface area contributed by atoms with Crippen molar-refractivity contribution in [1.82, 2.24) is 25.2 Å². The van der Waals surface area contributed by atoms with Gasteiger partial charge in [-0.1, -0.05) is 34.9 Å². The molecule has 0 aliphatic rings. The van der Waals surface area contributed by atoms with E-state index < -0.39 is 0 Å². The zero-order valence-electron chi connectivity index (χ0n) is 16.7. The number of hydrogen-bond donors (Lipinski definition) is 1. The van der Waals surface area contributed by atoms with Gasteiger partial charge in [0.25, 0.3) is 5.91 Å². The SMILES string of the molecule is Cc1ccc(-n2nnnc2NCc2ccc(N(C)C(=O)c3ccncc3)cc2)cc1. The van der Waals surface area contributed by atoms with Gasteiger partial charge < -0.3 is 10.2 Å². The van der Waals surface area contributed by atoms with Gasteiger partial charge in [-0.05, 0) is 59.3 Å². The van der Waals surface area contributed by atoms with Crippen LogP contribution in [0.3, 0.4) is 0 Å². The standard InChI is InChI=1S/C22H21N7O/c1-16-3-7-20(8-4-16)29-22(25-26-27-29)24-15-17-5-9-19(10-6-17)28(2)21(30)18-11-13-23-14-12-18/h3-14H,15H2,1-2H3,(H,24,25,27). The fourth-order valence-electron chi connectivity index (χ4n) is 2.98. The molecule has 0 saturated heterocycles. The lowest BCUT2D eigenvalue weighted by atomic mass is 10.1. The molecule has 0 spiro atoms. The highest BCUT2D eigenvalue weighted by atomic mass is 16.2. The van der Waals surface area contributed by atoms with E-state index >= 15 is 0 Å². The van der Waals surface area contributed by atoms with Gasteiger partial charge in [0.15, 0.2) is 0 Å². The van der Waals surface area contributed by atoms with Gasteiger partial charge in [-0.25, -0.2) is 0 Å². The zero-order valence-corrected chi connectivity index (χ0v) is 16.7. The fourth-order valence-corrected chi connectivity index (χ4v) is 2.98. The molecule has 0 atom stereocenters. The second-order valence-corrected chi connectivity index (χ2v) is 6.87. The molecule has 1 N–H and O–H groups in total. The molecule has 0 unspecified atom stereocenters. The Labute approximate surface area is 174 Å². The van der Waals surface area contributed by atoms with Crippen molar-refractivity contribution in [3.63, 3.8) is 0 Å². The summed E-state index contributed by atoms with van der Waals surface area (Å²) >= 11 is 0. The number of pyridine rings is 1. The molecule has 2 aromatic carbocycles. The molecule has 4 rings (SSSR count). The molecule has 30 heavy (non-hydrogen) atoms. The van der Waals surface area contributed by atoms with Crippen LogP contribution < -0.4 is 10.2 Å². The van der Waals surface area contributed by atoms with Crippen molar-refractivity contribution in [2.24, 2.45) is 0 Å². The molecule has 0 aliphatic carbocycles. The maximum Gasteiger partial charge on any atom is 0.258 e. The number of aryl methyl sites for hydroxylation is 1. The van der Waals surface area contributed by atoms with Crippen LogP contribution >= 0.6 is 0 Å². The summed E-state index contributed by atoms with van der Waals surface area (Å²) in [5.41, 5.74) is 4.52. The topological polar surface area (TPSA) is 88.8 Å². The first-order valence-electron chi connectivity index (χ1n) is 9.48. The molecule has 8 nitrogen and oxygen atoms in total. The van der Waals surface area contributed by atoms with Gasteiger partial charge >= 0.3 is 0 Å². The first kappa shape index (κ1) is 19.3. The van der Waals surface area contributed by atoms with E-state index in [1.807, 2.05) is 55.5 Å². The second kappa shape index (κ2) is 8.52. The molecule has 2 heterocycles. The van der Waals surface area contributed by atoms with Crippen molar-refractivity contribution >= 4 is 17.5 Å². The molecular weight excluding hydrogens is 378 g/mol. The number of amides is 1. The van der Waals surface area contributed by atoms with Gasteiger partial charge in [0.05, 0.1) is 5.69 Å². The van der Waals surface area contributed by atoms with E-state index in [4.69, 9.17) is 0 Å². The third-order valence-electron chi connectivity index (χ3n) is 4.75. The third kappa shape index (κ3) is 4.17. The van der Waals surface area contributed by atoms with Crippen LogP contribution in [-0.2, 0) is 6.54 Å². The van der Waals surface area contributed by atoms with Crippen molar-refractivity contribution in [2.75, 3.05) is 17.3 Å². The van der Waals surface area contributed by atoms with Crippen LogP contribution in [-0.4, -0.2) is 38.1 Å². The Morgan fingerprint density at radius 2 is 1.70 bits per heavy atom. The lowest BCUT2D eigenvalue weighted by molar-refractivity contribution is 0.0993. The lowest BCUT2D eigenvalue weighted by Crippen LogP contribution is -2.26. The number of carbonyl (C=O) groups is 1. The van der Waals surface area contributed by atoms with Crippen LogP contribution in [0.2, 0.25) is 0 Å². The number of tetrazole rings is 1. The zero-order chi connectivity index (χ0) is 20.9. The van der Waals surface area contributed by atoms with Gasteiger partial charge in [-0.2, -0.15) is 4.68 Å². The Morgan fingerprint density at radius 1 is 1.00 bits per heavy atom. The van der Waals surface area contributed by atoms with Crippen LogP contribution in [0, 0.1) is 6.92 Å². The molecular formula is C22H21N7O. The molecule has 4 aromatic rings. The van der Waals surface area contributed by atoms with Crippen LogP contribution in [0.25, 0.3) is 5.69 Å². The maximum absolute atomic E-state index is 12.6. The highest BCUT2D eigenvalue weighted by molar-refractivity contribution is 6.05. The summed E-state index contributed by atoms with van der Waals surface area (Å²) in [6, 6.07) is 19.2. The minimum Gasteiger partial charge on any atom is -0.349 e. The van der Waals surface area contributed by atoms with E-state index in [2.05, 4.69) is 25.8 Å². The summed E-state index contributed by atoms with van der Waals surface area (Å²) in [5, 5.41) is 15.2. The van der Waals surface area contributed by atoms with E-state index in [0.717, 1.165) is 16.9 Å². The van der Waals surface area contributed by atoms with Crippen LogP contribution in [0.5, 0.6) is 0 Å². The monoisotopic (exact) mass is 399 g/mol. The van der Waals surface area contributed by atoms with E-state index in [0.29, 0.717) is 18.1 Å². The summed E-state index contributed by atoms with van der Waals surface area (Å²) < 4.78 is 1.66. The normalized spacial score (nSPS) is 10.6. The Morgan fingerprint density at radius 3 is 2.40 bits per heavy atom. The van der Waals surface area contributed by atoms with Gasteiger partial charge in [-0.3, -0.25) is 9.78 Å². The lowest BCUT2D eigenvalue weighted by Gasteiger charge is -2.17. The third-order valence-corrected chi connectivity index (χ3v) is 4.75. The summed E-state index contributed by atoms with van der Waals surface area (Å²) in [5.74, 6) is 0.480. The Hall–Kier alpha value is -4.07. The van der Waals surface area contributed by atoms with E-state index in [1.165, 1.54) is 5.56 Å². The number of rotatable bonds is 6. The number of nitrogens with zero attached hydrogens (tertiary/aromatic N) is 6. The van der Waals surface area contributed by atoms with E-state index in [-0.39, 0.29) is 5.91 Å². The highest BCUT2D eigenvalue weighted by Gasteiger charge is 2.13. The van der Waals surface area contributed by atoms with Crippen LogP contribution in [0.4, 0.5) is 11.6 Å². The molecule has 150 valence electrons. The van der Waals surface area contributed by atoms with Crippen molar-refractivity contribution in [3.8, 4) is 5.69 Å². The van der Waals surface area contributed by atoms with Gasteiger partial charge in [0.1, 0.15) is 0 Å². The predicted molar refractivity (Wildman–Crippen MR) is 115 cm³/mol. The number of anilines is 2. The minimum atomic E-state index is -0.0828. The van der Waals surface area contributed by atoms with Crippen LogP contribution in [0.15, 0.2) is 73.1 Å². The number of hydrogen-bond acceptors (Lipinski definition) is 6. The Kier molecular flexibility index (Phi) is 5.47. The summed E-state index contributed by atoms with van der Waals surface area (Å²) in [7, 11) is 1.76. The molecule has 0 radical (unpaired) electrons. The molecule has 2 aromatic heterocycles. The fraction of sp³-hybridized carbons (Fsp3) is 0.136. The molecule has 0 saturated carbocycles. The number of aromatic nitrogens is 5. The van der Waals surface area contributed by atoms with E-state index in [9.17, 15) is 4.79 Å². The van der Waals surface area contributed by atoms with Crippen molar-refractivity contribution in [1.29, 1.82) is 0 Å². The highest BCUT2D eigenvalue weighted by Crippen LogP contribution is 2.18. The minimum absolute atomic E-state index is 0.0828. The summed E-state index contributed by atoms with van der Waals surface area (Å²) in [6.45, 7) is 2.59. The van der Waals surface area contributed by atoms with Gasteiger partial charge in [0, 0.05) is 37.2 Å². The molecule has 0 fully saturated rings. The van der Waals surface area contributed by atoms with Crippen molar-refractivity contribution < 1.29 is 4.79 Å². The quantitative estimate of drug-likeness (QED) is 0.535. The number of nitrogens with one attached hydrogen (secondary N) is 1. The molecule has 0 bridgehead atoms. The summed E-state index contributed by atoms with van der Waals surface area (Å²) in [4.78, 5) is 18.1.